The Morgan fingerprint density at radius 2 is 2.37 bits per heavy atom. The number of hydrogen-bond donors (Lipinski definition) is 2. The summed E-state index contributed by atoms with van der Waals surface area (Å²) in [5, 5.41) is 12.1. The number of nitrogens with two attached hydrogens (primary N) is 1. The van der Waals surface area contributed by atoms with Crippen LogP contribution in [0.3, 0.4) is 0 Å². The van der Waals surface area contributed by atoms with Crippen LogP contribution in [0, 0.1) is 0 Å². The van der Waals surface area contributed by atoms with Crippen molar-refractivity contribution < 1.29 is 5.21 Å². The zero-order chi connectivity index (χ0) is 13.8. The molecule has 0 saturated heterocycles. The minimum absolute atomic E-state index is 0.133. The summed E-state index contributed by atoms with van der Waals surface area (Å²) >= 11 is 1.79. The van der Waals surface area contributed by atoms with Crippen molar-refractivity contribution in [3.8, 4) is 0 Å². The van der Waals surface area contributed by atoms with Gasteiger partial charge in [0.05, 0.1) is 5.56 Å². The van der Waals surface area contributed by atoms with E-state index in [1.165, 1.54) is 5.56 Å². The Balaban J connectivity index is 2.39. The van der Waals surface area contributed by atoms with E-state index in [0.29, 0.717) is 0 Å². The molecule has 0 spiro atoms. The Morgan fingerprint density at radius 1 is 1.58 bits per heavy atom. The van der Waals surface area contributed by atoms with Crippen LogP contribution in [0.1, 0.15) is 23.2 Å². The molecule has 0 amide bonds. The SMILES string of the molecule is CSCCN(C)c1nc2c(cc1C(N)=NO)CCC2. The van der Waals surface area contributed by atoms with Gasteiger partial charge < -0.3 is 15.8 Å². The third-order valence-electron chi connectivity index (χ3n) is 3.41. The van der Waals surface area contributed by atoms with Crippen LogP contribution in [0.25, 0.3) is 0 Å². The van der Waals surface area contributed by atoms with E-state index in [0.717, 1.165) is 48.6 Å². The highest BCUT2D eigenvalue weighted by atomic mass is 32.2. The fourth-order valence-electron chi connectivity index (χ4n) is 2.33. The average molecular weight is 280 g/mol. The van der Waals surface area contributed by atoms with E-state index in [4.69, 9.17) is 15.9 Å². The first-order chi connectivity index (χ1) is 9.17. The lowest BCUT2D eigenvalue weighted by Crippen LogP contribution is -2.26. The second kappa shape index (κ2) is 6.14. The molecule has 0 aromatic carbocycles. The molecule has 1 aromatic rings. The van der Waals surface area contributed by atoms with Gasteiger partial charge in [-0.05, 0) is 37.1 Å². The van der Waals surface area contributed by atoms with E-state index >= 15 is 0 Å². The standard InChI is InChI=1S/C13H20N4OS/c1-17(6-7-19-2)13-10(12(14)16-18)8-9-4-3-5-11(9)15-13/h8,18H,3-7H2,1-2H3,(H2,14,16). The summed E-state index contributed by atoms with van der Waals surface area (Å²) in [5.41, 5.74) is 8.89. The Kier molecular flexibility index (Phi) is 4.52. The first kappa shape index (κ1) is 14.0. The third-order valence-corrected chi connectivity index (χ3v) is 4.00. The van der Waals surface area contributed by atoms with Crippen LogP contribution in [0.2, 0.25) is 0 Å². The van der Waals surface area contributed by atoms with E-state index in [2.05, 4.69) is 16.3 Å². The predicted octanol–water partition coefficient (Wildman–Crippen LogP) is 1.46. The highest BCUT2D eigenvalue weighted by Gasteiger charge is 2.20. The fraction of sp³-hybridized carbons (Fsp3) is 0.538. The second-order valence-electron chi connectivity index (χ2n) is 4.72. The second-order valence-corrected chi connectivity index (χ2v) is 5.70. The van der Waals surface area contributed by atoms with Crippen LogP contribution in [-0.4, -0.2) is 41.6 Å². The molecular weight excluding hydrogens is 260 g/mol. The largest absolute Gasteiger partial charge is 0.409 e. The van der Waals surface area contributed by atoms with Crippen molar-refractivity contribution >= 4 is 23.4 Å². The van der Waals surface area contributed by atoms with Gasteiger partial charge in [0.15, 0.2) is 5.84 Å². The summed E-state index contributed by atoms with van der Waals surface area (Å²) in [6, 6.07) is 2.02. The number of pyridine rings is 1. The number of oxime groups is 1. The highest BCUT2D eigenvalue weighted by molar-refractivity contribution is 7.98. The van der Waals surface area contributed by atoms with Crippen molar-refractivity contribution in [2.45, 2.75) is 19.3 Å². The minimum atomic E-state index is 0.133. The molecule has 2 rings (SSSR count). The third kappa shape index (κ3) is 2.94. The molecule has 104 valence electrons. The number of aryl methyl sites for hydroxylation is 2. The smallest absolute Gasteiger partial charge is 0.173 e. The predicted molar refractivity (Wildman–Crippen MR) is 80.4 cm³/mol. The van der Waals surface area contributed by atoms with E-state index in [9.17, 15) is 0 Å². The molecule has 1 heterocycles. The molecule has 0 saturated carbocycles. The zero-order valence-corrected chi connectivity index (χ0v) is 12.2. The maximum atomic E-state index is 8.93. The van der Waals surface area contributed by atoms with Crippen molar-refractivity contribution in [1.82, 2.24) is 4.98 Å². The normalized spacial score (nSPS) is 14.5. The molecule has 19 heavy (non-hydrogen) atoms. The van der Waals surface area contributed by atoms with Crippen LogP contribution >= 0.6 is 11.8 Å². The molecule has 3 N–H and O–H groups in total. The van der Waals surface area contributed by atoms with Crippen molar-refractivity contribution in [1.29, 1.82) is 0 Å². The first-order valence-corrected chi connectivity index (χ1v) is 7.77. The maximum Gasteiger partial charge on any atom is 0.173 e. The number of nitrogens with zero attached hydrogens (tertiary/aromatic N) is 3. The minimum Gasteiger partial charge on any atom is -0.409 e. The van der Waals surface area contributed by atoms with Gasteiger partial charge in [-0.3, -0.25) is 0 Å². The monoisotopic (exact) mass is 280 g/mol. The molecule has 6 heteroatoms. The Bertz CT molecular complexity index is 490. The lowest BCUT2D eigenvalue weighted by molar-refractivity contribution is 0.318. The van der Waals surface area contributed by atoms with Gasteiger partial charge in [0.25, 0.3) is 0 Å². The molecular formula is C13H20N4OS. The van der Waals surface area contributed by atoms with Gasteiger partial charge in [0, 0.05) is 25.0 Å². The molecule has 1 aliphatic rings. The lowest BCUT2D eigenvalue weighted by atomic mass is 10.1. The summed E-state index contributed by atoms with van der Waals surface area (Å²) in [4.78, 5) is 6.79. The van der Waals surface area contributed by atoms with E-state index in [1.54, 1.807) is 11.8 Å². The van der Waals surface area contributed by atoms with Gasteiger partial charge in [0.1, 0.15) is 5.82 Å². The lowest BCUT2D eigenvalue weighted by Gasteiger charge is -2.21. The first-order valence-electron chi connectivity index (χ1n) is 6.38. The van der Waals surface area contributed by atoms with Gasteiger partial charge in [-0.2, -0.15) is 11.8 Å². The van der Waals surface area contributed by atoms with Crippen LogP contribution < -0.4 is 10.6 Å². The zero-order valence-electron chi connectivity index (χ0n) is 11.4. The number of aromatic nitrogens is 1. The van der Waals surface area contributed by atoms with Gasteiger partial charge in [0.2, 0.25) is 0 Å². The van der Waals surface area contributed by atoms with E-state index in [1.807, 2.05) is 13.1 Å². The Labute approximate surface area is 117 Å². The number of anilines is 1. The number of amidine groups is 1. The number of hydrogen-bond acceptors (Lipinski definition) is 5. The van der Waals surface area contributed by atoms with Crippen molar-refractivity contribution in [3.63, 3.8) is 0 Å². The molecule has 0 atom stereocenters. The van der Waals surface area contributed by atoms with Crippen LogP contribution in [0.4, 0.5) is 5.82 Å². The summed E-state index contributed by atoms with van der Waals surface area (Å²) in [7, 11) is 1.99. The fourth-order valence-corrected chi connectivity index (χ4v) is 2.79. The Morgan fingerprint density at radius 3 is 3.05 bits per heavy atom. The molecule has 0 fully saturated rings. The van der Waals surface area contributed by atoms with Crippen molar-refractivity contribution in [3.05, 3.63) is 22.9 Å². The van der Waals surface area contributed by atoms with Gasteiger partial charge >= 0.3 is 0 Å². The average Bonchev–Trinajstić information content (AvgIpc) is 2.89. The Hall–Kier alpha value is -1.43. The van der Waals surface area contributed by atoms with Crippen LogP contribution in [0.5, 0.6) is 0 Å². The summed E-state index contributed by atoms with van der Waals surface area (Å²) in [6.07, 6.45) is 5.27. The highest BCUT2D eigenvalue weighted by Crippen LogP contribution is 2.27. The summed E-state index contributed by atoms with van der Waals surface area (Å²) in [6.45, 7) is 0.888. The molecule has 1 aliphatic carbocycles. The molecule has 5 nitrogen and oxygen atoms in total. The number of fused-ring (bicyclic) bond motifs is 1. The molecule has 0 unspecified atom stereocenters. The molecule has 0 bridgehead atoms. The summed E-state index contributed by atoms with van der Waals surface area (Å²) < 4.78 is 0. The quantitative estimate of drug-likeness (QED) is 0.370. The van der Waals surface area contributed by atoms with E-state index in [-0.39, 0.29) is 5.84 Å². The van der Waals surface area contributed by atoms with Gasteiger partial charge in [-0.25, -0.2) is 4.98 Å². The number of thioether (sulfide) groups is 1. The van der Waals surface area contributed by atoms with E-state index < -0.39 is 0 Å². The molecule has 0 aliphatic heterocycles. The van der Waals surface area contributed by atoms with Crippen molar-refractivity contribution in [2.75, 3.05) is 30.5 Å². The molecule has 1 aromatic heterocycles. The van der Waals surface area contributed by atoms with Crippen molar-refractivity contribution in [2.24, 2.45) is 10.9 Å². The maximum absolute atomic E-state index is 8.93. The number of rotatable bonds is 5. The van der Waals surface area contributed by atoms with Gasteiger partial charge in [-0.1, -0.05) is 5.16 Å². The summed E-state index contributed by atoms with van der Waals surface area (Å²) in [5.74, 6) is 1.96. The molecule has 0 radical (unpaired) electrons. The van der Waals surface area contributed by atoms with Crippen LogP contribution in [-0.2, 0) is 12.8 Å². The van der Waals surface area contributed by atoms with Crippen LogP contribution in [0.15, 0.2) is 11.2 Å². The van der Waals surface area contributed by atoms with Gasteiger partial charge in [-0.15, -0.1) is 0 Å². The topological polar surface area (TPSA) is 74.7 Å².